The second-order valence-electron chi connectivity index (χ2n) is 3.30. The Bertz CT molecular complexity index is 502. The molecule has 0 saturated heterocycles. The summed E-state index contributed by atoms with van der Waals surface area (Å²) in [5.74, 6) is -0.188. The van der Waals surface area contributed by atoms with E-state index < -0.39 is 5.82 Å². The molecule has 2 aromatic rings. The quantitative estimate of drug-likeness (QED) is 0.787. The average Bonchev–Trinajstić information content (AvgIpc) is 2.27. The van der Waals surface area contributed by atoms with Crippen molar-refractivity contribution in [3.8, 4) is 11.6 Å². The molecule has 82 valence electrons. The van der Waals surface area contributed by atoms with E-state index in [1.807, 2.05) is 0 Å². The van der Waals surface area contributed by atoms with Gasteiger partial charge in [-0.2, -0.15) is 5.10 Å². The van der Waals surface area contributed by atoms with Gasteiger partial charge in [-0.1, -0.05) is 0 Å². The largest absolute Gasteiger partial charge is 0.434 e. The van der Waals surface area contributed by atoms with Crippen molar-refractivity contribution < 1.29 is 9.13 Å². The first-order valence-corrected chi connectivity index (χ1v) is 4.68. The van der Waals surface area contributed by atoms with Crippen molar-refractivity contribution in [3.63, 3.8) is 0 Å². The fourth-order valence-electron chi connectivity index (χ4n) is 1.20. The summed E-state index contributed by atoms with van der Waals surface area (Å²) in [4.78, 5) is 0. The molecule has 2 N–H and O–H groups in total. The molecule has 0 aliphatic rings. The molecule has 1 aromatic heterocycles. The second kappa shape index (κ2) is 4.14. The number of aryl methyl sites for hydroxylation is 1. The van der Waals surface area contributed by atoms with Crippen molar-refractivity contribution in [3.05, 3.63) is 41.8 Å². The number of benzene rings is 1. The highest BCUT2D eigenvalue weighted by molar-refractivity contribution is 5.50. The summed E-state index contributed by atoms with van der Waals surface area (Å²) in [6.45, 7) is 1.78. The Morgan fingerprint density at radius 1 is 1.38 bits per heavy atom. The lowest BCUT2D eigenvalue weighted by molar-refractivity contribution is 0.422. The van der Waals surface area contributed by atoms with Crippen LogP contribution in [0.25, 0.3) is 0 Å². The molecule has 0 radical (unpaired) electrons. The van der Waals surface area contributed by atoms with Gasteiger partial charge in [0.25, 0.3) is 0 Å². The summed E-state index contributed by atoms with van der Waals surface area (Å²) in [5.41, 5.74) is 6.70. The number of nitrogens with two attached hydrogens (primary N) is 1. The number of hydrogen-bond donors (Lipinski definition) is 1. The maximum Gasteiger partial charge on any atom is 0.238 e. The van der Waals surface area contributed by atoms with Crippen molar-refractivity contribution >= 4 is 5.69 Å². The van der Waals surface area contributed by atoms with Gasteiger partial charge in [0, 0.05) is 24.0 Å². The normalized spacial score (nSPS) is 10.1. The third-order valence-electron chi connectivity index (χ3n) is 2.08. The van der Waals surface area contributed by atoms with Gasteiger partial charge >= 0.3 is 0 Å². The van der Waals surface area contributed by atoms with Gasteiger partial charge < -0.3 is 10.5 Å². The lowest BCUT2D eigenvalue weighted by Crippen LogP contribution is -1.96. The number of nitrogens with zero attached hydrogens (tertiary/aromatic N) is 2. The van der Waals surface area contributed by atoms with Crippen LogP contribution < -0.4 is 10.5 Å². The van der Waals surface area contributed by atoms with Crippen LogP contribution in [0, 0.1) is 12.7 Å². The molecule has 1 aromatic carbocycles. The van der Waals surface area contributed by atoms with Gasteiger partial charge in [0.2, 0.25) is 5.88 Å². The van der Waals surface area contributed by atoms with Crippen LogP contribution in [0.4, 0.5) is 10.1 Å². The van der Waals surface area contributed by atoms with E-state index in [2.05, 4.69) is 10.2 Å². The molecular formula is C11H10FN3O. The number of anilines is 1. The maximum absolute atomic E-state index is 13.5. The van der Waals surface area contributed by atoms with Gasteiger partial charge in [-0.15, -0.1) is 5.10 Å². The number of hydrogen-bond acceptors (Lipinski definition) is 4. The molecule has 0 bridgehead atoms. The molecule has 0 aliphatic heterocycles. The number of aromatic nitrogens is 2. The minimum atomic E-state index is -0.520. The molecule has 5 heteroatoms. The number of ether oxygens (including phenoxy) is 1. The van der Waals surface area contributed by atoms with Gasteiger partial charge in [-0.3, -0.25) is 0 Å². The van der Waals surface area contributed by atoms with E-state index in [1.165, 1.54) is 18.3 Å². The topological polar surface area (TPSA) is 61.0 Å². The van der Waals surface area contributed by atoms with Crippen LogP contribution in [0.3, 0.4) is 0 Å². The summed E-state index contributed by atoms with van der Waals surface area (Å²) >= 11 is 0. The summed E-state index contributed by atoms with van der Waals surface area (Å²) in [6, 6.07) is 6.00. The zero-order chi connectivity index (χ0) is 11.5. The van der Waals surface area contributed by atoms with Crippen LogP contribution >= 0.6 is 0 Å². The van der Waals surface area contributed by atoms with E-state index in [0.717, 1.165) is 5.56 Å². The predicted octanol–water partition coefficient (Wildman–Crippen LogP) is 2.30. The van der Waals surface area contributed by atoms with Crippen LogP contribution in [0.5, 0.6) is 11.6 Å². The highest BCUT2D eigenvalue weighted by Gasteiger charge is 2.08. The monoisotopic (exact) mass is 219 g/mol. The molecule has 0 unspecified atom stereocenters. The second-order valence-corrected chi connectivity index (χ2v) is 3.30. The molecule has 0 aliphatic carbocycles. The molecule has 0 saturated carbocycles. The molecule has 4 nitrogen and oxygen atoms in total. The van der Waals surface area contributed by atoms with Crippen molar-refractivity contribution in [2.45, 2.75) is 6.92 Å². The fourth-order valence-corrected chi connectivity index (χ4v) is 1.20. The summed E-state index contributed by atoms with van der Waals surface area (Å²) < 4.78 is 18.7. The molecule has 0 fully saturated rings. The smallest absolute Gasteiger partial charge is 0.238 e. The van der Waals surface area contributed by atoms with Gasteiger partial charge in [0.15, 0.2) is 11.6 Å². The number of rotatable bonds is 2. The minimum Gasteiger partial charge on any atom is -0.434 e. The molecule has 16 heavy (non-hydrogen) atoms. The lowest BCUT2D eigenvalue weighted by Gasteiger charge is -2.07. The van der Waals surface area contributed by atoms with E-state index in [1.54, 1.807) is 19.1 Å². The van der Waals surface area contributed by atoms with Crippen molar-refractivity contribution in [1.82, 2.24) is 10.2 Å². The van der Waals surface area contributed by atoms with Crippen LogP contribution in [0.2, 0.25) is 0 Å². The Morgan fingerprint density at radius 3 is 2.88 bits per heavy atom. The van der Waals surface area contributed by atoms with Gasteiger partial charge in [0.05, 0.1) is 0 Å². The van der Waals surface area contributed by atoms with Crippen LogP contribution in [0.15, 0.2) is 30.5 Å². The first-order chi connectivity index (χ1) is 7.66. The third kappa shape index (κ3) is 2.08. The van der Waals surface area contributed by atoms with Crippen LogP contribution in [-0.4, -0.2) is 10.2 Å². The molecule has 2 rings (SSSR count). The Kier molecular flexibility index (Phi) is 2.68. The molecular weight excluding hydrogens is 209 g/mol. The van der Waals surface area contributed by atoms with E-state index in [9.17, 15) is 4.39 Å². The van der Waals surface area contributed by atoms with Gasteiger partial charge in [0.1, 0.15) is 0 Å². The highest BCUT2D eigenvalue weighted by atomic mass is 19.1. The van der Waals surface area contributed by atoms with Crippen molar-refractivity contribution in [2.75, 3.05) is 5.73 Å². The molecule has 0 spiro atoms. The predicted molar refractivity (Wildman–Crippen MR) is 57.7 cm³/mol. The summed E-state index contributed by atoms with van der Waals surface area (Å²) in [7, 11) is 0. The number of halogens is 1. The summed E-state index contributed by atoms with van der Waals surface area (Å²) in [6.07, 6.45) is 1.51. The van der Waals surface area contributed by atoms with Crippen molar-refractivity contribution in [2.24, 2.45) is 0 Å². The van der Waals surface area contributed by atoms with Gasteiger partial charge in [-0.05, 0) is 24.6 Å². The first kappa shape index (κ1) is 10.4. The Hall–Kier alpha value is -2.17. The molecule has 0 atom stereocenters. The highest BCUT2D eigenvalue weighted by Crippen LogP contribution is 2.26. The molecule has 1 heterocycles. The number of nitrogen functional groups attached to an aromatic ring is 1. The average molecular weight is 219 g/mol. The Balaban J connectivity index is 2.32. The fraction of sp³-hybridized carbons (Fsp3) is 0.0909. The molecule has 0 amide bonds. The van der Waals surface area contributed by atoms with Crippen LogP contribution in [0.1, 0.15) is 5.56 Å². The zero-order valence-electron chi connectivity index (χ0n) is 8.64. The third-order valence-corrected chi connectivity index (χ3v) is 2.08. The van der Waals surface area contributed by atoms with Crippen LogP contribution in [-0.2, 0) is 0 Å². The van der Waals surface area contributed by atoms with Gasteiger partial charge in [-0.25, -0.2) is 4.39 Å². The zero-order valence-corrected chi connectivity index (χ0v) is 8.64. The Labute approximate surface area is 91.9 Å². The maximum atomic E-state index is 13.5. The SMILES string of the molecule is Cc1cc(Oc2cccnn2)c(F)cc1N. The Morgan fingerprint density at radius 2 is 2.19 bits per heavy atom. The summed E-state index contributed by atoms with van der Waals surface area (Å²) in [5, 5.41) is 7.33. The van der Waals surface area contributed by atoms with E-state index >= 15 is 0 Å². The van der Waals surface area contributed by atoms with E-state index in [4.69, 9.17) is 10.5 Å². The minimum absolute atomic E-state index is 0.0900. The standard InChI is InChI=1S/C11H10FN3O/c1-7-5-10(8(12)6-9(7)13)16-11-3-2-4-14-15-11/h2-6H,13H2,1H3. The lowest BCUT2D eigenvalue weighted by atomic mass is 10.2. The van der Waals surface area contributed by atoms with E-state index in [-0.39, 0.29) is 11.6 Å². The van der Waals surface area contributed by atoms with Crippen molar-refractivity contribution in [1.29, 1.82) is 0 Å². The first-order valence-electron chi connectivity index (χ1n) is 4.68. The van der Waals surface area contributed by atoms with E-state index in [0.29, 0.717) is 5.69 Å².